The van der Waals surface area contributed by atoms with Crippen LogP contribution in [0.1, 0.15) is 48.5 Å². The summed E-state index contributed by atoms with van der Waals surface area (Å²) in [5.74, 6) is 0.238. The number of hydrogen-bond donors (Lipinski definition) is 2. The quantitative estimate of drug-likeness (QED) is 0.107. The molecule has 0 aliphatic rings. The molecule has 36 heavy (non-hydrogen) atoms. The van der Waals surface area contributed by atoms with Crippen molar-refractivity contribution in [3.8, 4) is 5.75 Å². The van der Waals surface area contributed by atoms with Crippen LogP contribution in [0.2, 0.25) is 0 Å². The van der Waals surface area contributed by atoms with E-state index in [0.29, 0.717) is 16.5 Å². The summed E-state index contributed by atoms with van der Waals surface area (Å²) >= 11 is 1.39. The SMILES string of the molecule is CCCCCCSc1ncc(C(=O)NO)c(N(Cc2ccccc2)S(=O)(=O)c2ccc(OC)cc2)n1. The van der Waals surface area contributed by atoms with Crippen LogP contribution in [0.15, 0.2) is 70.8 Å². The molecule has 2 aromatic carbocycles. The summed E-state index contributed by atoms with van der Waals surface area (Å²) < 4.78 is 34.0. The van der Waals surface area contributed by atoms with Crippen LogP contribution in [-0.4, -0.2) is 42.4 Å². The van der Waals surface area contributed by atoms with Crippen molar-refractivity contribution in [1.82, 2.24) is 15.4 Å². The Hall–Kier alpha value is -3.15. The Bertz CT molecular complexity index is 1240. The van der Waals surface area contributed by atoms with Crippen molar-refractivity contribution in [1.29, 1.82) is 0 Å². The van der Waals surface area contributed by atoms with Gasteiger partial charge in [-0.05, 0) is 36.2 Å². The summed E-state index contributed by atoms with van der Waals surface area (Å²) in [5, 5.41) is 9.66. The van der Waals surface area contributed by atoms with Crippen molar-refractivity contribution in [2.75, 3.05) is 17.2 Å². The zero-order chi connectivity index (χ0) is 26.0. The van der Waals surface area contributed by atoms with E-state index in [2.05, 4.69) is 16.9 Å². The molecule has 0 fully saturated rings. The lowest BCUT2D eigenvalue weighted by atomic mass is 10.2. The van der Waals surface area contributed by atoms with E-state index < -0.39 is 15.9 Å². The van der Waals surface area contributed by atoms with Crippen LogP contribution in [0.4, 0.5) is 5.82 Å². The summed E-state index contributed by atoms with van der Waals surface area (Å²) in [6.45, 7) is 2.05. The molecule has 0 saturated carbocycles. The predicted molar refractivity (Wildman–Crippen MR) is 139 cm³/mol. The summed E-state index contributed by atoms with van der Waals surface area (Å²) in [6.07, 6.45) is 5.53. The number of benzene rings is 2. The van der Waals surface area contributed by atoms with Crippen LogP contribution in [0.5, 0.6) is 5.75 Å². The third kappa shape index (κ3) is 6.96. The van der Waals surface area contributed by atoms with E-state index in [1.807, 2.05) is 6.07 Å². The first kappa shape index (κ1) is 27.4. The lowest BCUT2D eigenvalue weighted by Gasteiger charge is -2.25. The van der Waals surface area contributed by atoms with E-state index in [1.165, 1.54) is 37.2 Å². The van der Waals surface area contributed by atoms with Gasteiger partial charge in [-0.15, -0.1) is 0 Å². The van der Waals surface area contributed by atoms with E-state index in [0.717, 1.165) is 35.7 Å². The normalized spacial score (nSPS) is 11.2. The number of nitrogens with one attached hydrogen (secondary N) is 1. The first-order valence-electron chi connectivity index (χ1n) is 11.6. The van der Waals surface area contributed by atoms with Gasteiger partial charge in [0.2, 0.25) is 0 Å². The molecular formula is C25H30N4O5S2. The molecule has 0 aliphatic carbocycles. The predicted octanol–water partition coefficient (Wildman–Crippen LogP) is 4.67. The molecule has 0 saturated heterocycles. The molecule has 11 heteroatoms. The first-order valence-corrected chi connectivity index (χ1v) is 14.0. The molecule has 0 bridgehead atoms. The van der Waals surface area contributed by atoms with Gasteiger partial charge in [-0.3, -0.25) is 10.0 Å². The van der Waals surface area contributed by atoms with Crippen molar-refractivity contribution >= 4 is 33.5 Å². The highest BCUT2D eigenvalue weighted by molar-refractivity contribution is 7.99. The fourth-order valence-corrected chi connectivity index (χ4v) is 5.66. The Morgan fingerprint density at radius 3 is 2.44 bits per heavy atom. The van der Waals surface area contributed by atoms with Crippen molar-refractivity contribution in [3.05, 3.63) is 71.9 Å². The second-order valence-corrected chi connectivity index (χ2v) is 10.8. The number of methoxy groups -OCH3 is 1. The summed E-state index contributed by atoms with van der Waals surface area (Å²) in [7, 11) is -2.68. The number of unbranched alkanes of at least 4 members (excludes halogenated alkanes) is 3. The molecular weight excluding hydrogens is 500 g/mol. The van der Waals surface area contributed by atoms with Crippen LogP contribution in [0.25, 0.3) is 0 Å². The molecule has 9 nitrogen and oxygen atoms in total. The second-order valence-electron chi connectivity index (χ2n) is 7.91. The average Bonchev–Trinajstić information content (AvgIpc) is 2.91. The minimum atomic E-state index is -4.17. The van der Waals surface area contributed by atoms with Crippen molar-refractivity contribution in [3.63, 3.8) is 0 Å². The van der Waals surface area contributed by atoms with E-state index in [1.54, 1.807) is 41.9 Å². The van der Waals surface area contributed by atoms with E-state index >= 15 is 0 Å². The number of hydrogen-bond acceptors (Lipinski definition) is 8. The molecule has 0 spiro atoms. The number of aromatic nitrogens is 2. The topological polar surface area (TPSA) is 122 Å². The summed E-state index contributed by atoms with van der Waals surface area (Å²) in [6, 6.07) is 15.0. The number of ether oxygens (including phenoxy) is 1. The minimum absolute atomic E-state index is 0.00182. The van der Waals surface area contributed by atoms with Gasteiger partial charge in [0.15, 0.2) is 11.0 Å². The van der Waals surface area contributed by atoms with Crippen LogP contribution >= 0.6 is 11.8 Å². The van der Waals surface area contributed by atoms with Crippen molar-refractivity contribution in [2.45, 2.75) is 49.2 Å². The molecule has 1 aromatic heterocycles. The van der Waals surface area contributed by atoms with Gasteiger partial charge in [0, 0.05) is 11.9 Å². The molecule has 2 N–H and O–H groups in total. The van der Waals surface area contributed by atoms with Crippen LogP contribution in [0.3, 0.4) is 0 Å². The standard InChI is InChI=1S/C25H30N4O5S2/c1-3-4-5-9-16-35-25-26-17-22(24(30)28-31)23(27-25)29(18-19-10-7-6-8-11-19)36(32,33)21-14-12-20(34-2)13-15-21/h6-8,10-15,17,31H,3-5,9,16,18H2,1-2H3,(H,28,30). The highest BCUT2D eigenvalue weighted by atomic mass is 32.2. The van der Waals surface area contributed by atoms with Crippen LogP contribution < -0.4 is 14.5 Å². The number of carbonyl (C=O) groups is 1. The Labute approximate surface area is 215 Å². The van der Waals surface area contributed by atoms with Gasteiger partial charge in [-0.1, -0.05) is 68.3 Å². The molecule has 3 aromatic rings. The molecule has 0 unspecified atom stereocenters. The van der Waals surface area contributed by atoms with Gasteiger partial charge in [0.05, 0.1) is 18.6 Å². The molecule has 0 atom stereocenters. The fraction of sp³-hybridized carbons (Fsp3) is 0.320. The maximum absolute atomic E-state index is 13.9. The van der Waals surface area contributed by atoms with Crippen LogP contribution in [0, 0.1) is 0 Å². The smallest absolute Gasteiger partial charge is 0.280 e. The van der Waals surface area contributed by atoms with E-state index in [4.69, 9.17) is 4.74 Å². The van der Waals surface area contributed by atoms with Crippen molar-refractivity contribution in [2.24, 2.45) is 0 Å². The largest absolute Gasteiger partial charge is 0.497 e. The first-order chi connectivity index (χ1) is 17.4. The Kier molecular flexibility index (Phi) is 10.1. The van der Waals surface area contributed by atoms with E-state index in [9.17, 15) is 18.4 Å². The molecule has 192 valence electrons. The fourth-order valence-electron chi connectivity index (χ4n) is 3.43. The number of amides is 1. The average molecular weight is 531 g/mol. The Morgan fingerprint density at radius 1 is 1.08 bits per heavy atom. The number of hydroxylamine groups is 1. The monoisotopic (exact) mass is 530 g/mol. The van der Waals surface area contributed by atoms with Gasteiger partial charge < -0.3 is 4.74 Å². The summed E-state index contributed by atoms with van der Waals surface area (Å²) in [5.41, 5.74) is 2.09. The third-order valence-electron chi connectivity index (χ3n) is 5.37. The lowest BCUT2D eigenvalue weighted by molar-refractivity contribution is 0.0706. The van der Waals surface area contributed by atoms with Gasteiger partial charge in [0.1, 0.15) is 11.3 Å². The van der Waals surface area contributed by atoms with Gasteiger partial charge in [0.25, 0.3) is 15.9 Å². The lowest BCUT2D eigenvalue weighted by Crippen LogP contribution is -2.34. The van der Waals surface area contributed by atoms with Gasteiger partial charge >= 0.3 is 0 Å². The van der Waals surface area contributed by atoms with Gasteiger partial charge in [-0.25, -0.2) is 28.2 Å². The van der Waals surface area contributed by atoms with Gasteiger partial charge in [-0.2, -0.15) is 0 Å². The number of rotatable bonds is 13. The molecule has 0 radical (unpaired) electrons. The second kappa shape index (κ2) is 13.2. The minimum Gasteiger partial charge on any atom is -0.497 e. The number of carbonyl (C=O) groups excluding carboxylic acids is 1. The van der Waals surface area contributed by atoms with Crippen LogP contribution in [-0.2, 0) is 16.6 Å². The maximum atomic E-state index is 13.9. The highest BCUT2D eigenvalue weighted by Gasteiger charge is 2.31. The molecule has 1 amide bonds. The Balaban J connectivity index is 2.08. The highest BCUT2D eigenvalue weighted by Crippen LogP contribution is 2.30. The molecule has 0 aliphatic heterocycles. The Morgan fingerprint density at radius 2 is 1.81 bits per heavy atom. The number of anilines is 1. The summed E-state index contributed by atoms with van der Waals surface area (Å²) in [4.78, 5) is 21.2. The van der Waals surface area contributed by atoms with E-state index in [-0.39, 0.29) is 22.8 Å². The molecule has 3 rings (SSSR count). The van der Waals surface area contributed by atoms with Crippen molar-refractivity contribution < 1.29 is 23.2 Å². The zero-order valence-electron chi connectivity index (χ0n) is 20.3. The molecule has 1 heterocycles. The number of thioether (sulfide) groups is 1. The number of sulfonamides is 1. The maximum Gasteiger partial charge on any atom is 0.280 e. The zero-order valence-corrected chi connectivity index (χ0v) is 21.9. The third-order valence-corrected chi connectivity index (χ3v) is 8.07. The number of nitrogens with zero attached hydrogens (tertiary/aromatic N) is 3.